The molecular weight excluding hydrogens is 358 g/mol. The molecule has 0 fully saturated rings. The summed E-state index contributed by atoms with van der Waals surface area (Å²) in [6, 6.07) is 0.746. The highest BCUT2D eigenvalue weighted by atomic mass is 28.4. The summed E-state index contributed by atoms with van der Waals surface area (Å²) in [6.45, 7) is 10.6. The maximum atomic E-state index is 11.9. The summed E-state index contributed by atoms with van der Waals surface area (Å²) < 4.78 is 17.5. The number of rotatable bonds is 20. The lowest BCUT2D eigenvalue weighted by Gasteiger charge is -2.28. The standard InChI is InChI=1S/C21H44NO4Si/c1-5-9-10-11-12-13-14-15-16-18-21(23)22-19-17-20-27(24-6-2,25-7-3)26-8-4/h13H,5-12,14-20H2,1-4H3,(H,22,23). The summed E-state index contributed by atoms with van der Waals surface area (Å²) >= 11 is 0. The summed E-state index contributed by atoms with van der Waals surface area (Å²) in [6.07, 6.45) is 13.5. The lowest BCUT2D eigenvalue weighted by atomic mass is 10.1. The molecular formula is C21H44NO4Si. The Morgan fingerprint density at radius 2 is 1.41 bits per heavy atom. The molecule has 161 valence electrons. The second kappa shape index (κ2) is 18.9. The molecule has 0 aliphatic heterocycles. The third-order valence-corrected chi connectivity index (χ3v) is 7.55. The van der Waals surface area contributed by atoms with Crippen LogP contribution in [-0.2, 0) is 18.1 Å². The molecule has 0 rings (SSSR count). The van der Waals surface area contributed by atoms with E-state index in [2.05, 4.69) is 18.7 Å². The summed E-state index contributed by atoms with van der Waals surface area (Å²) in [5, 5.41) is 3.01. The normalized spacial score (nSPS) is 11.7. The summed E-state index contributed by atoms with van der Waals surface area (Å²) in [4.78, 5) is 11.9. The van der Waals surface area contributed by atoms with Gasteiger partial charge in [0, 0.05) is 38.8 Å². The van der Waals surface area contributed by atoms with Gasteiger partial charge in [0.05, 0.1) is 0 Å². The van der Waals surface area contributed by atoms with E-state index in [9.17, 15) is 4.79 Å². The third kappa shape index (κ3) is 15.2. The highest BCUT2D eigenvalue weighted by Gasteiger charge is 2.39. The molecule has 1 N–H and O–H groups in total. The molecule has 0 aliphatic rings. The first kappa shape index (κ1) is 26.6. The monoisotopic (exact) mass is 402 g/mol. The van der Waals surface area contributed by atoms with Gasteiger partial charge in [0.1, 0.15) is 0 Å². The Kier molecular flexibility index (Phi) is 18.6. The van der Waals surface area contributed by atoms with Crippen LogP contribution in [0.15, 0.2) is 0 Å². The van der Waals surface area contributed by atoms with Gasteiger partial charge in [-0.2, -0.15) is 0 Å². The van der Waals surface area contributed by atoms with Crippen molar-refractivity contribution in [3.8, 4) is 0 Å². The summed E-state index contributed by atoms with van der Waals surface area (Å²) in [5.74, 6) is 0.148. The molecule has 0 saturated heterocycles. The van der Waals surface area contributed by atoms with Crippen LogP contribution in [0, 0.1) is 6.42 Å². The average Bonchev–Trinajstić information content (AvgIpc) is 2.64. The van der Waals surface area contributed by atoms with Crippen molar-refractivity contribution in [2.45, 2.75) is 97.9 Å². The predicted octanol–water partition coefficient (Wildman–Crippen LogP) is 5.28. The Hall–Kier alpha value is -0.433. The number of hydrogen-bond donors (Lipinski definition) is 1. The molecule has 0 aromatic rings. The van der Waals surface area contributed by atoms with Crippen molar-refractivity contribution < 1.29 is 18.1 Å². The van der Waals surface area contributed by atoms with Crippen LogP contribution in [0.5, 0.6) is 0 Å². The second-order valence-corrected chi connectivity index (χ2v) is 9.55. The Morgan fingerprint density at radius 1 is 0.815 bits per heavy atom. The van der Waals surface area contributed by atoms with Gasteiger partial charge in [0.15, 0.2) is 0 Å². The van der Waals surface area contributed by atoms with E-state index in [4.69, 9.17) is 13.3 Å². The van der Waals surface area contributed by atoms with E-state index in [1.165, 1.54) is 32.1 Å². The minimum absolute atomic E-state index is 0.148. The molecule has 1 amide bonds. The van der Waals surface area contributed by atoms with Crippen molar-refractivity contribution >= 4 is 14.7 Å². The lowest BCUT2D eigenvalue weighted by Crippen LogP contribution is -2.46. The van der Waals surface area contributed by atoms with E-state index < -0.39 is 8.80 Å². The van der Waals surface area contributed by atoms with Crippen LogP contribution in [0.1, 0.15) is 91.9 Å². The lowest BCUT2D eigenvalue weighted by molar-refractivity contribution is -0.121. The quantitative estimate of drug-likeness (QED) is 0.222. The van der Waals surface area contributed by atoms with Gasteiger partial charge in [0.2, 0.25) is 5.91 Å². The molecule has 0 atom stereocenters. The predicted molar refractivity (Wildman–Crippen MR) is 115 cm³/mol. The van der Waals surface area contributed by atoms with Crippen molar-refractivity contribution in [2.24, 2.45) is 0 Å². The van der Waals surface area contributed by atoms with E-state index in [1.54, 1.807) is 0 Å². The van der Waals surface area contributed by atoms with Gasteiger partial charge in [-0.3, -0.25) is 4.79 Å². The molecule has 1 radical (unpaired) electrons. The molecule has 0 aliphatic carbocycles. The van der Waals surface area contributed by atoms with Gasteiger partial charge >= 0.3 is 8.80 Å². The molecule has 0 bridgehead atoms. The van der Waals surface area contributed by atoms with Crippen LogP contribution in [-0.4, -0.2) is 41.1 Å². The molecule has 0 aromatic heterocycles. The fourth-order valence-corrected chi connectivity index (χ4v) is 5.67. The van der Waals surface area contributed by atoms with Gasteiger partial charge in [-0.1, -0.05) is 51.9 Å². The number of carbonyl (C=O) groups is 1. The van der Waals surface area contributed by atoms with Crippen molar-refractivity contribution in [2.75, 3.05) is 26.4 Å². The summed E-state index contributed by atoms with van der Waals surface area (Å²) in [7, 11) is -2.58. The van der Waals surface area contributed by atoms with E-state index in [0.717, 1.165) is 31.7 Å². The van der Waals surface area contributed by atoms with Crippen LogP contribution in [0.3, 0.4) is 0 Å². The minimum atomic E-state index is -2.58. The van der Waals surface area contributed by atoms with Gasteiger partial charge in [0.25, 0.3) is 0 Å². The van der Waals surface area contributed by atoms with Crippen LogP contribution in [0.25, 0.3) is 0 Å². The van der Waals surface area contributed by atoms with Crippen molar-refractivity contribution in [1.82, 2.24) is 5.32 Å². The zero-order valence-electron chi connectivity index (χ0n) is 18.3. The van der Waals surface area contributed by atoms with Gasteiger partial charge < -0.3 is 18.6 Å². The first-order valence-electron chi connectivity index (χ1n) is 11.1. The first-order chi connectivity index (χ1) is 13.1. The van der Waals surface area contributed by atoms with E-state index in [0.29, 0.717) is 32.8 Å². The topological polar surface area (TPSA) is 56.8 Å². The van der Waals surface area contributed by atoms with Crippen LogP contribution in [0.4, 0.5) is 0 Å². The molecule has 6 heteroatoms. The zero-order chi connectivity index (χ0) is 20.2. The molecule has 0 heterocycles. The van der Waals surface area contributed by atoms with Crippen LogP contribution < -0.4 is 5.32 Å². The fraction of sp³-hybridized carbons (Fsp3) is 0.905. The minimum Gasteiger partial charge on any atom is -0.374 e. The maximum Gasteiger partial charge on any atom is 0.500 e. The third-order valence-electron chi connectivity index (χ3n) is 4.40. The van der Waals surface area contributed by atoms with Crippen molar-refractivity contribution in [1.29, 1.82) is 0 Å². The SMILES string of the molecule is CCCCCC[CH]CCCCC(=O)NCCC[Si](OCC)(OCC)OCC. The summed E-state index contributed by atoms with van der Waals surface area (Å²) in [5.41, 5.74) is 0. The Balaban J connectivity index is 3.74. The van der Waals surface area contributed by atoms with Crippen LogP contribution in [0.2, 0.25) is 6.04 Å². The molecule has 0 spiro atoms. The molecule has 5 nitrogen and oxygen atoms in total. The number of hydrogen-bond acceptors (Lipinski definition) is 4. The maximum absolute atomic E-state index is 11.9. The molecule has 27 heavy (non-hydrogen) atoms. The van der Waals surface area contributed by atoms with E-state index in [1.807, 2.05) is 20.8 Å². The fourth-order valence-electron chi connectivity index (χ4n) is 3.06. The zero-order valence-corrected chi connectivity index (χ0v) is 19.3. The molecule has 0 saturated carbocycles. The molecule has 0 aromatic carbocycles. The highest BCUT2D eigenvalue weighted by Crippen LogP contribution is 2.17. The number of unbranched alkanes of at least 4 members (excludes halogenated alkanes) is 8. The molecule has 0 unspecified atom stereocenters. The first-order valence-corrected chi connectivity index (χ1v) is 13.1. The van der Waals surface area contributed by atoms with Gasteiger partial charge in [-0.25, -0.2) is 0 Å². The Bertz CT molecular complexity index is 325. The Morgan fingerprint density at radius 3 is 1.96 bits per heavy atom. The number of nitrogens with one attached hydrogen (secondary N) is 1. The smallest absolute Gasteiger partial charge is 0.374 e. The Labute approximate surface area is 169 Å². The van der Waals surface area contributed by atoms with Crippen molar-refractivity contribution in [3.05, 3.63) is 6.42 Å². The second-order valence-electron chi connectivity index (χ2n) is 6.82. The van der Waals surface area contributed by atoms with Gasteiger partial charge in [-0.15, -0.1) is 0 Å². The highest BCUT2D eigenvalue weighted by molar-refractivity contribution is 6.60. The largest absolute Gasteiger partial charge is 0.500 e. The van der Waals surface area contributed by atoms with Gasteiger partial charge in [-0.05, 0) is 40.0 Å². The van der Waals surface area contributed by atoms with Crippen LogP contribution >= 0.6 is 0 Å². The van der Waals surface area contributed by atoms with E-state index >= 15 is 0 Å². The average molecular weight is 403 g/mol. The van der Waals surface area contributed by atoms with Crippen molar-refractivity contribution in [3.63, 3.8) is 0 Å². The number of amides is 1. The number of carbonyl (C=O) groups excluding carboxylic acids is 1. The van der Waals surface area contributed by atoms with E-state index in [-0.39, 0.29) is 5.91 Å².